The maximum absolute atomic E-state index is 12.9. The number of urea groups is 1. The first kappa shape index (κ1) is 12.3. The molecule has 2 N–H and O–H groups in total. The molecule has 0 aliphatic rings. The predicted octanol–water partition coefficient (Wildman–Crippen LogP) is 3.52. The van der Waals surface area contributed by atoms with E-state index in [2.05, 4.69) is 15.6 Å². The van der Waals surface area contributed by atoms with Crippen molar-refractivity contribution in [1.82, 2.24) is 4.98 Å². The molecule has 0 aliphatic heterocycles. The molecule has 0 aliphatic carbocycles. The number of hydrogen-bond donors (Lipinski definition) is 2. The van der Waals surface area contributed by atoms with Gasteiger partial charge in [0.25, 0.3) is 0 Å². The van der Waals surface area contributed by atoms with Crippen molar-refractivity contribution in [3.05, 3.63) is 53.4 Å². The fourth-order valence-electron chi connectivity index (χ4n) is 1.29. The van der Waals surface area contributed by atoms with Crippen molar-refractivity contribution in [2.45, 2.75) is 0 Å². The smallest absolute Gasteiger partial charge is 0.308 e. The molecule has 0 bridgehead atoms. The van der Waals surface area contributed by atoms with Gasteiger partial charge in [-0.25, -0.2) is 14.2 Å². The second-order valence-corrected chi connectivity index (χ2v) is 3.83. The number of nitrogens with one attached hydrogen (secondary N) is 2. The van der Waals surface area contributed by atoms with Crippen molar-refractivity contribution in [3.8, 4) is 0 Å². The third kappa shape index (κ3) is 3.18. The van der Waals surface area contributed by atoms with Gasteiger partial charge in [-0.15, -0.1) is 0 Å². The minimum Gasteiger partial charge on any atom is -0.308 e. The van der Waals surface area contributed by atoms with Crippen LogP contribution in [0, 0.1) is 5.82 Å². The molecule has 1 aromatic carbocycles. The molecular formula is C12H9ClFN3O. The summed E-state index contributed by atoms with van der Waals surface area (Å²) in [5.74, 6) is -0.115. The molecule has 0 saturated carbocycles. The molecule has 0 saturated heterocycles. The number of pyridine rings is 1. The maximum atomic E-state index is 12.9. The van der Waals surface area contributed by atoms with Gasteiger partial charge >= 0.3 is 6.03 Å². The molecule has 92 valence electrons. The second kappa shape index (κ2) is 5.46. The summed E-state index contributed by atoms with van der Waals surface area (Å²) in [6.07, 6.45) is 1.56. The van der Waals surface area contributed by atoms with E-state index in [9.17, 15) is 9.18 Å². The van der Waals surface area contributed by atoms with E-state index in [-0.39, 0.29) is 5.02 Å². The SMILES string of the molecule is O=C(Nc1ccc(F)c(Cl)c1)Nc1ccccn1. The van der Waals surface area contributed by atoms with E-state index in [1.807, 2.05) is 0 Å². The Hall–Kier alpha value is -2.14. The Morgan fingerprint density at radius 2 is 2.06 bits per heavy atom. The highest BCUT2D eigenvalue weighted by molar-refractivity contribution is 6.31. The normalized spacial score (nSPS) is 9.89. The first-order valence-corrected chi connectivity index (χ1v) is 5.47. The maximum Gasteiger partial charge on any atom is 0.324 e. The molecule has 1 heterocycles. The van der Waals surface area contributed by atoms with E-state index in [0.29, 0.717) is 11.5 Å². The van der Waals surface area contributed by atoms with Crippen LogP contribution in [0.2, 0.25) is 5.02 Å². The Morgan fingerprint density at radius 1 is 1.22 bits per heavy atom. The van der Waals surface area contributed by atoms with Gasteiger partial charge in [-0.2, -0.15) is 0 Å². The van der Waals surface area contributed by atoms with E-state index in [1.54, 1.807) is 24.4 Å². The molecule has 2 aromatic rings. The molecule has 2 rings (SSSR count). The quantitative estimate of drug-likeness (QED) is 0.873. The van der Waals surface area contributed by atoms with Gasteiger partial charge in [0, 0.05) is 11.9 Å². The molecule has 0 spiro atoms. The van der Waals surface area contributed by atoms with E-state index in [0.717, 1.165) is 0 Å². The van der Waals surface area contributed by atoms with Crippen LogP contribution in [-0.4, -0.2) is 11.0 Å². The third-order valence-corrected chi connectivity index (χ3v) is 2.37. The van der Waals surface area contributed by atoms with Crippen LogP contribution in [0.5, 0.6) is 0 Å². The summed E-state index contributed by atoms with van der Waals surface area (Å²) in [6, 6.07) is 8.58. The monoisotopic (exact) mass is 265 g/mol. The van der Waals surface area contributed by atoms with Crippen molar-refractivity contribution >= 4 is 29.1 Å². The second-order valence-electron chi connectivity index (χ2n) is 3.42. The summed E-state index contributed by atoms with van der Waals surface area (Å²) in [5.41, 5.74) is 0.398. The summed E-state index contributed by atoms with van der Waals surface area (Å²) in [7, 11) is 0. The number of rotatable bonds is 2. The zero-order valence-corrected chi connectivity index (χ0v) is 9.91. The first-order chi connectivity index (χ1) is 8.65. The van der Waals surface area contributed by atoms with Crippen molar-refractivity contribution in [3.63, 3.8) is 0 Å². The Bertz CT molecular complexity index is 563. The molecule has 0 atom stereocenters. The van der Waals surface area contributed by atoms with Crippen molar-refractivity contribution in [2.24, 2.45) is 0 Å². The molecule has 0 radical (unpaired) electrons. The lowest BCUT2D eigenvalue weighted by Crippen LogP contribution is -2.19. The van der Waals surface area contributed by atoms with Gasteiger partial charge in [-0.3, -0.25) is 5.32 Å². The highest BCUT2D eigenvalue weighted by atomic mass is 35.5. The van der Waals surface area contributed by atoms with Crippen molar-refractivity contribution < 1.29 is 9.18 Å². The Kier molecular flexibility index (Phi) is 3.74. The highest BCUT2D eigenvalue weighted by Gasteiger charge is 2.05. The van der Waals surface area contributed by atoms with E-state index >= 15 is 0 Å². The molecule has 4 nitrogen and oxygen atoms in total. The topological polar surface area (TPSA) is 54.0 Å². The van der Waals surface area contributed by atoms with E-state index in [1.165, 1.54) is 18.2 Å². The fourth-order valence-corrected chi connectivity index (χ4v) is 1.47. The molecule has 6 heteroatoms. The number of hydrogen-bond acceptors (Lipinski definition) is 2. The van der Waals surface area contributed by atoms with Gasteiger partial charge in [0.1, 0.15) is 11.6 Å². The zero-order valence-electron chi connectivity index (χ0n) is 9.15. The summed E-state index contributed by atoms with van der Waals surface area (Å²) in [5, 5.41) is 4.99. The number of benzene rings is 1. The van der Waals surface area contributed by atoms with Gasteiger partial charge in [0.2, 0.25) is 0 Å². The van der Waals surface area contributed by atoms with Crippen LogP contribution < -0.4 is 10.6 Å². The van der Waals surface area contributed by atoms with Crippen LogP contribution >= 0.6 is 11.6 Å². The molecule has 18 heavy (non-hydrogen) atoms. The number of amides is 2. The minimum absolute atomic E-state index is 0.0503. The van der Waals surface area contributed by atoms with Gasteiger partial charge in [0.15, 0.2) is 0 Å². The Morgan fingerprint density at radius 3 is 2.72 bits per heavy atom. The average Bonchev–Trinajstić information content (AvgIpc) is 2.35. The van der Waals surface area contributed by atoms with Crippen molar-refractivity contribution in [2.75, 3.05) is 10.6 Å². The molecule has 1 aromatic heterocycles. The summed E-state index contributed by atoms with van der Waals surface area (Å²) < 4.78 is 12.9. The third-order valence-electron chi connectivity index (χ3n) is 2.08. The fraction of sp³-hybridized carbons (Fsp3) is 0. The van der Waals surface area contributed by atoms with Crippen LogP contribution in [-0.2, 0) is 0 Å². The first-order valence-electron chi connectivity index (χ1n) is 5.09. The van der Waals surface area contributed by atoms with Crippen LogP contribution in [0.4, 0.5) is 20.7 Å². The Balaban J connectivity index is 2.01. The molecular weight excluding hydrogens is 257 g/mol. The van der Waals surface area contributed by atoms with E-state index in [4.69, 9.17) is 11.6 Å². The molecule has 0 unspecified atom stereocenters. The summed E-state index contributed by atoms with van der Waals surface area (Å²) >= 11 is 5.60. The standard InChI is InChI=1S/C12H9ClFN3O/c13-9-7-8(4-5-10(9)14)16-12(18)17-11-3-1-2-6-15-11/h1-7H,(H2,15,16,17,18). The summed E-state index contributed by atoms with van der Waals surface area (Å²) in [4.78, 5) is 15.5. The van der Waals surface area contributed by atoms with Crippen LogP contribution in [0.3, 0.4) is 0 Å². The molecule has 0 fully saturated rings. The van der Waals surface area contributed by atoms with Gasteiger partial charge < -0.3 is 5.32 Å². The van der Waals surface area contributed by atoms with Crippen molar-refractivity contribution in [1.29, 1.82) is 0 Å². The number of nitrogens with zero attached hydrogens (tertiary/aromatic N) is 1. The minimum atomic E-state index is -0.535. The zero-order chi connectivity index (χ0) is 13.0. The highest BCUT2D eigenvalue weighted by Crippen LogP contribution is 2.19. The number of anilines is 2. The molecule has 2 amide bonds. The van der Waals surface area contributed by atoms with E-state index < -0.39 is 11.8 Å². The van der Waals surface area contributed by atoms with Gasteiger partial charge in [-0.1, -0.05) is 17.7 Å². The summed E-state index contributed by atoms with van der Waals surface area (Å²) in [6.45, 7) is 0. The number of carbonyl (C=O) groups is 1. The Labute approximate surface area is 108 Å². The largest absolute Gasteiger partial charge is 0.324 e. The predicted molar refractivity (Wildman–Crippen MR) is 68.3 cm³/mol. The van der Waals surface area contributed by atoms with Crippen LogP contribution in [0.25, 0.3) is 0 Å². The number of aromatic nitrogens is 1. The van der Waals surface area contributed by atoms with Gasteiger partial charge in [-0.05, 0) is 30.3 Å². The number of carbonyl (C=O) groups excluding carboxylic acids is 1. The number of halogens is 2. The lowest BCUT2D eigenvalue weighted by molar-refractivity contribution is 0.262. The van der Waals surface area contributed by atoms with Crippen LogP contribution in [0.1, 0.15) is 0 Å². The average molecular weight is 266 g/mol. The van der Waals surface area contributed by atoms with Crippen LogP contribution in [0.15, 0.2) is 42.6 Å². The van der Waals surface area contributed by atoms with Gasteiger partial charge in [0.05, 0.1) is 5.02 Å². The lowest BCUT2D eigenvalue weighted by Gasteiger charge is -2.07. The lowest BCUT2D eigenvalue weighted by atomic mass is 10.3.